The molecule has 17 heavy (non-hydrogen) atoms. The first kappa shape index (κ1) is 13.3. The Kier molecular flexibility index (Phi) is 3.93. The molecule has 0 aromatic carbocycles. The summed E-state index contributed by atoms with van der Waals surface area (Å²) in [5.41, 5.74) is 0.845. The van der Waals surface area contributed by atoms with Gasteiger partial charge in [-0.2, -0.15) is 0 Å². The molecule has 0 aromatic rings. The number of hydrogen-bond donors (Lipinski definition) is 0. The van der Waals surface area contributed by atoms with E-state index < -0.39 is 17.7 Å². The van der Waals surface area contributed by atoms with Crippen LogP contribution in [-0.4, -0.2) is 24.8 Å². The van der Waals surface area contributed by atoms with Crippen LogP contribution in [0.3, 0.4) is 0 Å². The van der Waals surface area contributed by atoms with Crippen molar-refractivity contribution in [3.05, 3.63) is 23.5 Å². The maximum absolute atomic E-state index is 11.1. The lowest BCUT2D eigenvalue weighted by atomic mass is 10.00. The molecule has 0 N–H and O–H groups in total. The van der Waals surface area contributed by atoms with Crippen LogP contribution in [0.2, 0.25) is 0 Å². The third-order valence-electron chi connectivity index (χ3n) is 2.26. The van der Waals surface area contributed by atoms with Gasteiger partial charge in [0.2, 0.25) is 0 Å². The van der Waals surface area contributed by atoms with Crippen molar-refractivity contribution >= 4 is 11.9 Å². The van der Waals surface area contributed by atoms with Crippen LogP contribution in [0.15, 0.2) is 23.5 Å². The van der Waals surface area contributed by atoms with E-state index in [1.807, 2.05) is 6.92 Å². The Morgan fingerprint density at radius 3 is 2.18 bits per heavy atom. The highest BCUT2D eigenvalue weighted by Gasteiger charge is 2.43. The molecule has 0 saturated heterocycles. The molecule has 0 heterocycles. The number of hydrogen-bond acceptors (Lipinski definition) is 5. The van der Waals surface area contributed by atoms with Crippen LogP contribution in [0.25, 0.3) is 0 Å². The number of carbonyl (C=O) groups is 2. The summed E-state index contributed by atoms with van der Waals surface area (Å²) in [5.74, 6) is -2.33. The van der Waals surface area contributed by atoms with Crippen LogP contribution in [-0.2, 0) is 23.8 Å². The molecule has 0 aromatic heterocycles. The molecule has 0 aliphatic heterocycles. The van der Waals surface area contributed by atoms with Gasteiger partial charge in [0.05, 0.1) is 7.11 Å². The van der Waals surface area contributed by atoms with Crippen LogP contribution >= 0.6 is 0 Å². The maximum atomic E-state index is 11.1. The Morgan fingerprint density at radius 2 is 1.76 bits per heavy atom. The Labute approximate surface area is 100 Å². The zero-order chi connectivity index (χ0) is 13.1. The van der Waals surface area contributed by atoms with Crippen LogP contribution < -0.4 is 0 Å². The van der Waals surface area contributed by atoms with Crippen molar-refractivity contribution in [3.63, 3.8) is 0 Å². The molecular formula is C12H16O5. The zero-order valence-corrected chi connectivity index (χ0v) is 10.4. The summed E-state index contributed by atoms with van der Waals surface area (Å²) in [7, 11) is 1.44. The summed E-state index contributed by atoms with van der Waals surface area (Å²) in [5, 5.41) is 0. The Hall–Kier alpha value is -1.78. The standard InChI is InChI=1S/C12H16O5/c1-8-6-5-7-12(11(8)15-4,16-9(2)13)17-10(3)14/h5,7H,6H2,1-4H3. The van der Waals surface area contributed by atoms with Crippen molar-refractivity contribution in [3.8, 4) is 0 Å². The summed E-state index contributed by atoms with van der Waals surface area (Å²) in [4.78, 5) is 22.3. The molecule has 1 rings (SSSR count). The number of carbonyl (C=O) groups excluding carboxylic acids is 2. The molecule has 0 atom stereocenters. The smallest absolute Gasteiger partial charge is 0.335 e. The maximum Gasteiger partial charge on any atom is 0.335 e. The monoisotopic (exact) mass is 240 g/mol. The lowest BCUT2D eigenvalue weighted by Crippen LogP contribution is -2.41. The second kappa shape index (κ2) is 5.03. The average molecular weight is 240 g/mol. The van der Waals surface area contributed by atoms with Crippen molar-refractivity contribution in [1.82, 2.24) is 0 Å². The number of rotatable bonds is 3. The van der Waals surface area contributed by atoms with Gasteiger partial charge in [-0.25, -0.2) is 0 Å². The number of allylic oxidation sites excluding steroid dienone is 2. The molecule has 1 aliphatic rings. The molecule has 0 fully saturated rings. The molecule has 0 radical (unpaired) electrons. The Morgan fingerprint density at radius 1 is 1.24 bits per heavy atom. The first-order valence-corrected chi connectivity index (χ1v) is 5.22. The van der Waals surface area contributed by atoms with Gasteiger partial charge in [-0.3, -0.25) is 9.59 Å². The minimum absolute atomic E-state index is 0.338. The zero-order valence-electron chi connectivity index (χ0n) is 10.4. The largest absolute Gasteiger partial charge is 0.493 e. The number of ether oxygens (including phenoxy) is 3. The molecule has 94 valence electrons. The molecule has 0 unspecified atom stereocenters. The highest BCUT2D eigenvalue weighted by atomic mass is 16.7. The molecule has 0 spiro atoms. The topological polar surface area (TPSA) is 61.8 Å². The minimum atomic E-state index is -1.56. The van der Waals surface area contributed by atoms with Crippen molar-refractivity contribution < 1.29 is 23.8 Å². The quantitative estimate of drug-likeness (QED) is 0.427. The van der Waals surface area contributed by atoms with Crippen LogP contribution in [0.4, 0.5) is 0 Å². The van der Waals surface area contributed by atoms with Crippen molar-refractivity contribution in [1.29, 1.82) is 0 Å². The fourth-order valence-corrected chi connectivity index (χ4v) is 1.78. The predicted octanol–water partition coefficient (Wildman–Crippen LogP) is 1.69. The van der Waals surface area contributed by atoms with E-state index in [1.165, 1.54) is 27.0 Å². The predicted molar refractivity (Wildman–Crippen MR) is 59.7 cm³/mol. The van der Waals surface area contributed by atoms with Gasteiger partial charge >= 0.3 is 17.7 Å². The number of methoxy groups -OCH3 is 1. The molecule has 0 bridgehead atoms. The van der Waals surface area contributed by atoms with Gasteiger partial charge in [-0.15, -0.1) is 0 Å². The summed E-state index contributed by atoms with van der Waals surface area (Å²) >= 11 is 0. The van der Waals surface area contributed by atoms with Gasteiger partial charge in [0.25, 0.3) is 0 Å². The van der Waals surface area contributed by atoms with Gasteiger partial charge in [0.15, 0.2) is 5.76 Å². The molecule has 1 aliphatic carbocycles. The highest BCUT2D eigenvalue weighted by Crippen LogP contribution is 2.33. The van der Waals surface area contributed by atoms with E-state index in [9.17, 15) is 9.59 Å². The summed E-state index contributed by atoms with van der Waals surface area (Å²) < 4.78 is 15.4. The van der Waals surface area contributed by atoms with E-state index in [1.54, 1.807) is 6.08 Å². The first-order valence-electron chi connectivity index (χ1n) is 5.22. The summed E-state index contributed by atoms with van der Waals surface area (Å²) in [6.07, 6.45) is 3.94. The van der Waals surface area contributed by atoms with E-state index in [0.717, 1.165) is 5.57 Å². The molecule has 5 nitrogen and oxygen atoms in total. The van der Waals surface area contributed by atoms with Gasteiger partial charge in [-0.1, -0.05) is 6.08 Å². The highest BCUT2D eigenvalue weighted by molar-refractivity contribution is 5.70. The summed E-state index contributed by atoms with van der Waals surface area (Å²) in [6, 6.07) is 0. The first-order chi connectivity index (χ1) is 7.91. The van der Waals surface area contributed by atoms with Crippen LogP contribution in [0.1, 0.15) is 27.2 Å². The van der Waals surface area contributed by atoms with Crippen molar-refractivity contribution in [2.45, 2.75) is 33.0 Å². The van der Waals surface area contributed by atoms with Crippen molar-refractivity contribution in [2.24, 2.45) is 0 Å². The SMILES string of the molecule is COC1=C(C)CC=CC1(OC(C)=O)OC(C)=O. The van der Waals surface area contributed by atoms with E-state index in [4.69, 9.17) is 14.2 Å². The van der Waals surface area contributed by atoms with E-state index in [2.05, 4.69) is 0 Å². The van der Waals surface area contributed by atoms with Gasteiger partial charge in [0.1, 0.15) is 0 Å². The van der Waals surface area contributed by atoms with Crippen LogP contribution in [0, 0.1) is 0 Å². The fraction of sp³-hybridized carbons (Fsp3) is 0.500. The molecular weight excluding hydrogens is 224 g/mol. The average Bonchev–Trinajstić information content (AvgIpc) is 2.15. The fourth-order valence-electron chi connectivity index (χ4n) is 1.78. The van der Waals surface area contributed by atoms with E-state index >= 15 is 0 Å². The lowest BCUT2D eigenvalue weighted by Gasteiger charge is -2.33. The minimum Gasteiger partial charge on any atom is -0.493 e. The van der Waals surface area contributed by atoms with Gasteiger partial charge < -0.3 is 14.2 Å². The third kappa shape index (κ3) is 2.87. The third-order valence-corrected chi connectivity index (χ3v) is 2.26. The molecule has 5 heteroatoms. The normalized spacial score (nSPS) is 17.6. The van der Waals surface area contributed by atoms with Crippen molar-refractivity contribution in [2.75, 3.05) is 7.11 Å². The van der Waals surface area contributed by atoms with Gasteiger partial charge in [0, 0.05) is 19.9 Å². The van der Waals surface area contributed by atoms with Gasteiger partial charge in [-0.05, 0) is 18.9 Å². The lowest BCUT2D eigenvalue weighted by molar-refractivity contribution is -0.207. The Bertz CT molecular complexity index is 376. The summed E-state index contributed by atoms with van der Waals surface area (Å²) in [6.45, 7) is 4.32. The number of esters is 2. The second-order valence-electron chi connectivity index (χ2n) is 3.77. The second-order valence-corrected chi connectivity index (χ2v) is 3.77. The Balaban J connectivity index is 3.19. The van der Waals surface area contributed by atoms with E-state index in [0.29, 0.717) is 12.2 Å². The molecule has 0 saturated carbocycles. The van der Waals surface area contributed by atoms with E-state index in [-0.39, 0.29) is 0 Å². The molecule has 0 amide bonds. The van der Waals surface area contributed by atoms with Crippen LogP contribution in [0.5, 0.6) is 0 Å².